The van der Waals surface area contributed by atoms with Gasteiger partial charge in [0.05, 0.1) is 27.7 Å². The van der Waals surface area contributed by atoms with Crippen molar-refractivity contribution in [3.8, 4) is 0 Å². The van der Waals surface area contributed by atoms with E-state index in [0.717, 1.165) is 96.3 Å². The maximum Gasteiger partial charge on any atom is 0.472 e. The van der Waals surface area contributed by atoms with Crippen molar-refractivity contribution in [3.63, 3.8) is 0 Å². The van der Waals surface area contributed by atoms with Crippen molar-refractivity contribution in [2.24, 2.45) is 0 Å². The number of allylic oxidation sites excluding steroid dienone is 12. The Labute approximate surface area is 406 Å². The van der Waals surface area contributed by atoms with Crippen molar-refractivity contribution in [3.05, 3.63) is 72.9 Å². The third kappa shape index (κ3) is 50.9. The lowest BCUT2D eigenvalue weighted by molar-refractivity contribution is -0.870. The van der Waals surface area contributed by atoms with Crippen LogP contribution >= 0.6 is 7.82 Å². The number of unbranched alkanes of at least 4 members (excludes halogenated alkanes) is 22. The molecule has 0 aliphatic carbocycles. The third-order valence-electron chi connectivity index (χ3n) is 11.3. The molecule has 0 spiro atoms. The summed E-state index contributed by atoms with van der Waals surface area (Å²) in [7, 11) is 1.46. The summed E-state index contributed by atoms with van der Waals surface area (Å²) < 4.78 is 34.5. The number of nitrogens with zero attached hydrogens (tertiary/aromatic N) is 1. The van der Waals surface area contributed by atoms with Crippen molar-refractivity contribution in [2.45, 2.75) is 225 Å². The van der Waals surface area contributed by atoms with Gasteiger partial charge in [0.1, 0.15) is 19.8 Å². The van der Waals surface area contributed by atoms with E-state index in [1.54, 1.807) is 0 Å². The summed E-state index contributed by atoms with van der Waals surface area (Å²) in [5.74, 6) is -0.812. The van der Waals surface area contributed by atoms with E-state index in [1.165, 1.54) is 89.9 Å². The summed E-state index contributed by atoms with van der Waals surface area (Å²) in [6.45, 7) is 4.31. The predicted octanol–water partition coefficient (Wildman–Crippen LogP) is 16.1. The summed E-state index contributed by atoms with van der Waals surface area (Å²) >= 11 is 0. The molecule has 0 aliphatic rings. The largest absolute Gasteiger partial charge is 0.472 e. The Kier molecular flexibility index (Phi) is 45.7. The minimum absolute atomic E-state index is 0.0264. The van der Waals surface area contributed by atoms with E-state index < -0.39 is 26.5 Å². The van der Waals surface area contributed by atoms with Gasteiger partial charge in [-0.05, 0) is 64.2 Å². The van der Waals surface area contributed by atoms with Crippen molar-refractivity contribution in [2.75, 3.05) is 47.5 Å². The molecule has 0 aromatic rings. The molecule has 0 rings (SSSR count). The summed E-state index contributed by atoms with van der Waals surface area (Å²) in [6, 6.07) is 0. The third-order valence-corrected chi connectivity index (χ3v) is 12.2. The molecule has 10 heteroatoms. The van der Waals surface area contributed by atoms with Crippen molar-refractivity contribution < 1.29 is 42.1 Å². The molecule has 0 aromatic heterocycles. The van der Waals surface area contributed by atoms with Gasteiger partial charge in [0.2, 0.25) is 0 Å². The fourth-order valence-corrected chi connectivity index (χ4v) is 7.88. The van der Waals surface area contributed by atoms with E-state index in [-0.39, 0.29) is 32.0 Å². The molecule has 0 bridgehead atoms. The number of likely N-dealkylation sites (N-methyl/N-ethyl adjacent to an activating group) is 1. The van der Waals surface area contributed by atoms with Crippen LogP contribution in [-0.4, -0.2) is 74.9 Å². The molecular weight excluding hydrogens is 846 g/mol. The van der Waals surface area contributed by atoms with Gasteiger partial charge in [-0.3, -0.25) is 18.6 Å². The van der Waals surface area contributed by atoms with Crippen LogP contribution in [0.4, 0.5) is 0 Å². The summed E-state index contributed by atoms with van der Waals surface area (Å²) in [5.41, 5.74) is 0. The molecule has 0 saturated heterocycles. The molecule has 382 valence electrons. The lowest BCUT2D eigenvalue weighted by Crippen LogP contribution is -2.37. The minimum atomic E-state index is -4.39. The van der Waals surface area contributed by atoms with E-state index in [2.05, 4.69) is 86.8 Å². The van der Waals surface area contributed by atoms with Crippen molar-refractivity contribution in [1.82, 2.24) is 0 Å². The molecular formula is C56H101NO8P+. The second-order valence-electron chi connectivity index (χ2n) is 18.9. The average molecular weight is 947 g/mol. The molecule has 2 unspecified atom stereocenters. The van der Waals surface area contributed by atoms with E-state index in [4.69, 9.17) is 18.5 Å². The molecule has 0 radical (unpaired) electrons. The number of rotatable bonds is 48. The molecule has 0 aliphatic heterocycles. The van der Waals surface area contributed by atoms with E-state index in [0.29, 0.717) is 17.4 Å². The Morgan fingerprint density at radius 3 is 1.29 bits per heavy atom. The Balaban J connectivity index is 4.27. The van der Waals surface area contributed by atoms with Crippen LogP contribution in [0.15, 0.2) is 72.9 Å². The normalized spacial score (nSPS) is 14.0. The van der Waals surface area contributed by atoms with Gasteiger partial charge >= 0.3 is 19.8 Å². The van der Waals surface area contributed by atoms with E-state index >= 15 is 0 Å². The van der Waals surface area contributed by atoms with E-state index in [9.17, 15) is 19.0 Å². The fourth-order valence-electron chi connectivity index (χ4n) is 7.14. The van der Waals surface area contributed by atoms with Gasteiger partial charge in [-0.2, -0.15) is 0 Å². The molecule has 9 nitrogen and oxygen atoms in total. The maximum absolute atomic E-state index is 12.8. The lowest BCUT2D eigenvalue weighted by atomic mass is 10.0. The molecule has 0 amide bonds. The number of esters is 2. The van der Waals surface area contributed by atoms with Crippen LogP contribution in [0, 0.1) is 0 Å². The number of phosphoric ester groups is 1. The molecule has 66 heavy (non-hydrogen) atoms. The number of carbonyl (C=O) groups excluding carboxylic acids is 2. The van der Waals surface area contributed by atoms with Crippen LogP contribution in [0.25, 0.3) is 0 Å². The Morgan fingerprint density at radius 2 is 0.864 bits per heavy atom. The number of phosphoric acid groups is 1. The number of hydrogen-bond donors (Lipinski definition) is 1. The van der Waals surface area contributed by atoms with Gasteiger partial charge in [-0.25, -0.2) is 4.57 Å². The molecule has 1 N–H and O–H groups in total. The van der Waals surface area contributed by atoms with Gasteiger partial charge in [-0.1, -0.05) is 215 Å². The van der Waals surface area contributed by atoms with Crippen LogP contribution in [0.2, 0.25) is 0 Å². The average Bonchev–Trinajstić information content (AvgIpc) is 3.27. The maximum atomic E-state index is 12.8. The highest BCUT2D eigenvalue weighted by atomic mass is 31.2. The molecule has 0 heterocycles. The number of ether oxygens (including phenoxy) is 2. The van der Waals surface area contributed by atoms with Crippen LogP contribution < -0.4 is 0 Å². The molecule has 2 atom stereocenters. The first-order valence-electron chi connectivity index (χ1n) is 26.7. The zero-order valence-electron chi connectivity index (χ0n) is 43.2. The highest BCUT2D eigenvalue weighted by molar-refractivity contribution is 7.47. The zero-order chi connectivity index (χ0) is 48.5. The quantitative estimate of drug-likeness (QED) is 0.0211. The Bertz CT molecular complexity index is 1350. The van der Waals surface area contributed by atoms with E-state index in [1.807, 2.05) is 21.1 Å². The standard InChI is InChI=1S/C56H100NO8P/c1-6-8-10-12-14-16-18-20-22-24-25-26-27-28-29-30-31-33-35-37-39-41-43-45-47-49-56(59)65-54(53-64-66(60,61)63-51-50-57(3,4)5)52-62-55(58)48-46-44-42-40-38-36-34-32-23-21-19-17-15-13-11-9-7-2/h8,10,14,16,20,22,25-26,28-29,31,33,54H,6-7,9,11-13,15,17-19,21,23-24,27,30,32,34-53H2,1-5H3/p+1/b10-8-,16-14-,22-20-,26-25-,29-28-,33-31-. The zero-order valence-corrected chi connectivity index (χ0v) is 44.1. The Hall–Kier alpha value is -2.55. The van der Waals surface area contributed by atoms with Crippen molar-refractivity contribution >= 4 is 19.8 Å². The summed E-state index contributed by atoms with van der Waals surface area (Å²) in [5, 5.41) is 0. The predicted molar refractivity (Wildman–Crippen MR) is 279 cm³/mol. The SMILES string of the molecule is CC/C=C\C/C=C\C/C=C\C/C=C\C/C=C\C/C=C\CCCCCCCCC(=O)OC(COC(=O)CCCCCCCCCCCCCCCCCCC)COP(=O)(O)OCC[N+](C)(C)C. The first-order chi connectivity index (χ1) is 32.0. The first-order valence-corrected chi connectivity index (χ1v) is 28.2. The first kappa shape index (κ1) is 63.5. The molecule has 0 fully saturated rings. The number of hydrogen-bond acceptors (Lipinski definition) is 7. The fraction of sp³-hybridized carbons (Fsp3) is 0.750. The van der Waals surface area contributed by atoms with Gasteiger partial charge in [0.25, 0.3) is 0 Å². The van der Waals surface area contributed by atoms with Gasteiger partial charge in [0, 0.05) is 12.8 Å². The number of quaternary nitrogens is 1. The van der Waals surface area contributed by atoms with Gasteiger partial charge < -0.3 is 18.9 Å². The van der Waals surface area contributed by atoms with Crippen LogP contribution in [0.1, 0.15) is 219 Å². The highest BCUT2D eigenvalue weighted by Crippen LogP contribution is 2.43. The molecule has 0 aromatic carbocycles. The van der Waals surface area contributed by atoms with Crippen LogP contribution in [-0.2, 0) is 32.7 Å². The summed E-state index contributed by atoms with van der Waals surface area (Å²) in [6.07, 6.45) is 60.9. The lowest BCUT2D eigenvalue weighted by Gasteiger charge is -2.24. The van der Waals surface area contributed by atoms with Crippen LogP contribution in [0.5, 0.6) is 0 Å². The smallest absolute Gasteiger partial charge is 0.462 e. The monoisotopic (exact) mass is 947 g/mol. The topological polar surface area (TPSA) is 108 Å². The van der Waals surface area contributed by atoms with Crippen LogP contribution in [0.3, 0.4) is 0 Å². The highest BCUT2D eigenvalue weighted by Gasteiger charge is 2.27. The second kappa shape index (κ2) is 47.5. The number of carbonyl (C=O) groups is 2. The second-order valence-corrected chi connectivity index (χ2v) is 20.3. The van der Waals surface area contributed by atoms with Gasteiger partial charge in [-0.15, -0.1) is 0 Å². The minimum Gasteiger partial charge on any atom is -0.462 e. The van der Waals surface area contributed by atoms with Crippen molar-refractivity contribution in [1.29, 1.82) is 0 Å². The van der Waals surface area contributed by atoms with Gasteiger partial charge in [0.15, 0.2) is 6.10 Å². The molecule has 0 saturated carbocycles. The Morgan fingerprint density at radius 1 is 0.485 bits per heavy atom. The summed E-state index contributed by atoms with van der Waals surface area (Å²) in [4.78, 5) is 35.6.